The molecule has 0 radical (unpaired) electrons. The third-order valence-corrected chi connectivity index (χ3v) is 3.03. The van der Waals surface area contributed by atoms with Crippen molar-refractivity contribution < 1.29 is 4.84 Å². The van der Waals surface area contributed by atoms with Crippen LogP contribution in [0.25, 0.3) is 10.9 Å². The number of nitrogens with one attached hydrogen (secondary N) is 2. The summed E-state index contributed by atoms with van der Waals surface area (Å²) in [6.07, 6.45) is 4.89. The van der Waals surface area contributed by atoms with E-state index in [4.69, 9.17) is 4.84 Å². The molecular formula is C13H11N5O. The van der Waals surface area contributed by atoms with Crippen LogP contribution in [0.1, 0.15) is 11.9 Å². The first-order valence-corrected chi connectivity index (χ1v) is 5.98. The molecule has 94 valence electrons. The maximum atomic E-state index is 5.71. The molecule has 1 unspecified atom stereocenters. The van der Waals surface area contributed by atoms with Crippen molar-refractivity contribution in [1.82, 2.24) is 15.0 Å². The van der Waals surface area contributed by atoms with Crippen LogP contribution in [0.3, 0.4) is 0 Å². The predicted molar refractivity (Wildman–Crippen MR) is 71.7 cm³/mol. The van der Waals surface area contributed by atoms with Crippen molar-refractivity contribution in [2.75, 3.05) is 5.17 Å². The maximum absolute atomic E-state index is 5.71. The van der Waals surface area contributed by atoms with Crippen LogP contribution in [0.15, 0.2) is 47.8 Å². The van der Waals surface area contributed by atoms with E-state index in [0.717, 1.165) is 22.5 Å². The van der Waals surface area contributed by atoms with Gasteiger partial charge in [-0.2, -0.15) is 5.10 Å². The van der Waals surface area contributed by atoms with Gasteiger partial charge in [-0.1, -0.05) is 18.2 Å². The Hall–Kier alpha value is -2.60. The van der Waals surface area contributed by atoms with Crippen LogP contribution >= 0.6 is 0 Å². The van der Waals surface area contributed by atoms with Crippen molar-refractivity contribution in [3.63, 3.8) is 0 Å². The summed E-state index contributed by atoms with van der Waals surface area (Å²) in [6, 6.07) is 10.0. The summed E-state index contributed by atoms with van der Waals surface area (Å²) in [5, 5.41) is 6.84. The highest BCUT2D eigenvalue weighted by Gasteiger charge is 2.24. The molecular weight excluding hydrogens is 242 g/mol. The molecule has 2 N–H and O–H groups in total. The molecule has 0 aliphatic carbocycles. The summed E-state index contributed by atoms with van der Waals surface area (Å²) in [6.45, 7) is 0. The monoisotopic (exact) mass is 253 g/mol. The smallest absolute Gasteiger partial charge is 0.182 e. The lowest BCUT2D eigenvalue weighted by molar-refractivity contribution is 0.0924. The molecule has 6 nitrogen and oxygen atoms in total. The van der Waals surface area contributed by atoms with E-state index >= 15 is 0 Å². The molecule has 1 aromatic carbocycles. The zero-order valence-electron chi connectivity index (χ0n) is 9.95. The van der Waals surface area contributed by atoms with Gasteiger partial charge in [0.25, 0.3) is 0 Å². The molecule has 0 saturated carbocycles. The second-order valence-electron chi connectivity index (χ2n) is 4.28. The standard InChI is InChI=1S/C13H11N5O/c1-2-4-10-9(3-1)7-12(17-10)18-16-8-11(19-18)13-14-5-6-15-13/h1-8,11,17H,(H,14,15). The topological polar surface area (TPSA) is 69.3 Å². The highest BCUT2D eigenvalue weighted by molar-refractivity contribution is 5.84. The average Bonchev–Trinajstić information content (AvgIpc) is 3.17. The van der Waals surface area contributed by atoms with Gasteiger partial charge in [0.2, 0.25) is 0 Å². The quantitative estimate of drug-likeness (QED) is 0.736. The summed E-state index contributed by atoms with van der Waals surface area (Å²) in [5.74, 6) is 1.54. The number of rotatable bonds is 2. The van der Waals surface area contributed by atoms with Gasteiger partial charge in [0.05, 0.1) is 6.21 Å². The number of fused-ring (bicyclic) bond motifs is 1. The minimum atomic E-state index is -0.276. The number of nitrogens with zero attached hydrogens (tertiary/aromatic N) is 3. The van der Waals surface area contributed by atoms with Crippen molar-refractivity contribution in [3.05, 3.63) is 48.5 Å². The lowest BCUT2D eigenvalue weighted by Crippen LogP contribution is -2.14. The van der Waals surface area contributed by atoms with E-state index in [9.17, 15) is 0 Å². The van der Waals surface area contributed by atoms with Crippen molar-refractivity contribution in [2.24, 2.45) is 5.10 Å². The first-order chi connectivity index (χ1) is 9.40. The summed E-state index contributed by atoms with van der Waals surface area (Å²) >= 11 is 0. The van der Waals surface area contributed by atoms with Crippen molar-refractivity contribution in [1.29, 1.82) is 0 Å². The Morgan fingerprint density at radius 3 is 3.05 bits per heavy atom. The summed E-state index contributed by atoms with van der Waals surface area (Å²) in [5.41, 5.74) is 1.05. The molecule has 3 heterocycles. The highest BCUT2D eigenvalue weighted by atomic mass is 16.7. The molecule has 3 aromatic rings. The Labute approximate surface area is 108 Å². The lowest BCUT2D eigenvalue weighted by Gasteiger charge is -2.12. The Balaban J connectivity index is 1.63. The second kappa shape index (κ2) is 3.96. The fraction of sp³-hybridized carbons (Fsp3) is 0.0769. The van der Waals surface area contributed by atoms with Crippen LogP contribution in [0.5, 0.6) is 0 Å². The van der Waals surface area contributed by atoms with Crippen molar-refractivity contribution >= 4 is 22.9 Å². The predicted octanol–water partition coefficient (Wildman–Crippen LogP) is 2.37. The zero-order valence-corrected chi connectivity index (χ0v) is 9.95. The van der Waals surface area contributed by atoms with Crippen LogP contribution in [-0.2, 0) is 4.84 Å². The van der Waals surface area contributed by atoms with E-state index < -0.39 is 0 Å². The number of hydrazone groups is 1. The third-order valence-electron chi connectivity index (χ3n) is 3.03. The number of hydrogen-bond donors (Lipinski definition) is 2. The van der Waals surface area contributed by atoms with Crippen LogP contribution < -0.4 is 5.17 Å². The molecule has 4 rings (SSSR count). The zero-order chi connectivity index (χ0) is 12.7. The van der Waals surface area contributed by atoms with Gasteiger partial charge in [-0.05, 0) is 12.1 Å². The van der Waals surface area contributed by atoms with Gasteiger partial charge in [-0.3, -0.25) is 0 Å². The van der Waals surface area contributed by atoms with E-state index in [0.29, 0.717) is 0 Å². The van der Waals surface area contributed by atoms with Crippen LogP contribution in [0.2, 0.25) is 0 Å². The summed E-state index contributed by atoms with van der Waals surface area (Å²) < 4.78 is 0. The minimum absolute atomic E-state index is 0.276. The fourth-order valence-electron chi connectivity index (χ4n) is 2.12. The van der Waals surface area contributed by atoms with E-state index in [1.807, 2.05) is 30.3 Å². The lowest BCUT2D eigenvalue weighted by atomic mass is 10.2. The summed E-state index contributed by atoms with van der Waals surface area (Å²) in [4.78, 5) is 16.1. The number of anilines is 1. The molecule has 1 aliphatic rings. The Morgan fingerprint density at radius 1 is 1.26 bits per heavy atom. The van der Waals surface area contributed by atoms with E-state index in [2.05, 4.69) is 20.1 Å². The molecule has 19 heavy (non-hydrogen) atoms. The number of hydrogen-bond acceptors (Lipinski definition) is 4. The van der Waals surface area contributed by atoms with Gasteiger partial charge in [-0.25, -0.2) is 9.82 Å². The normalized spacial score (nSPS) is 18.5. The molecule has 0 spiro atoms. The van der Waals surface area contributed by atoms with Crippen LogP contribution in [-0.4, -0.2) is 21.2 Å². The van der Waals surface area contributed by atoms with Gasteiger partial charge in [0.15, 0.2) is 11.9 Å². The number of aromatic nitrogens is 3. The SMILES string of the molecule is C1=NN(c2cc3ccccc3[nH]2)OC1c1ncc[nH]1. The number of H-pyrrole nitrogens is 2. The van der Waals surface area contributed by atoms with E-state index in [-0.39, 0.29) is 6.10 Å². The molecule has 1 aliphatic heterocycles. The molecule has 0 fully saturated rings. The van der Waals surface area contributed by atoms with Crippen molar-refractivity contribution in [2.45, 2.75) is 6.10 Å². The average molecular weight is 253 g/mol. The fourth-order valence-corrected chi connectivity index (χ4v) is 2.12. The minimum Gasteiger partial charge on any atom is -0.346 e. The van der Waals surface area contributed by atoms with Gasteiger partial charge in [-0.15, -0.1) is 5.17 Å². The Kier molecular flexibility index (Phi) is 2.15. The first kappa shape index (κ1) is 10.3. The molecule has 0 saturated heterocycles. The molecule has 0 amide bonds. The van der Waals surface area contributed by atoms with E-state index in [1.54, 1.807) is 18.6 Å². The van der Waals surface area contributed by atoms with E-state index in [1.165, 1.54) is 5.17 Å². The molecule has 2 aromatic heterocycles. The number of imidazole rings is 1. The Bertz CT molecular complexity index is 697. The maximum Gasteiger partial charge on any atom is 0.182 e. The highest BCUT2D eigenvalue weighted by Crippen LogP contribution is 2.27. The second-order valence-corrected chi connectivity index (χ2v) is 4.28. The van der Waals surface area contributed by atoms with Gasteiger partial charge in [0.1, 0.15) is 5.82 Å². The van der Waals surface area contributed by atoms with Crippen molar-refractivity contribution in [3.8, 4) is 0 Å². The molecule has 0 bridgehead atoms. The number of aromatic amines is 2. The first-order valence-electron chi connectivity index (χ1n) is 5.98. The van der Waals surface area contributed by atoms with Gasteiger partial charge in [0, 0.05) is 23.3 Å². The largest absolute Gasteiger partial charge is 0.346 e. The Morgan fingerprint density at radius 2 is 2.21 bits per heavy atom. The van der Waals surface area contributed by atoms with Gasteiger partial charge >= 0.3 is 0 Å². The number of benzene rings is 1. The molecule has 1 atom stereocenters. The molecule has 6 heteroatoms. The van der Waals surface area contributed by atoms with Gasteiger partial charge < -0.3 is 9.97 Å². The third kappa shape index (κ3) is 1.69. The summed E-state index contributed by atoms with van der Waals surface area (Å²) in [7, 11) is 0. The van der Waals surface area contributed by atoms with Crippen LogP contribution in [0, 0.1) is 0 Å². The number of para-hydroxylation sites is 1. The van der Waals surface area contributed by atoms with Crippen LogP contribution in [0.4, 0.5) is 5.82 Å².